The van der Waals surface area contributed by atoms with Gasteiger partial charge in [-0.25, -0.2) is 8.78 Å². The van der Waals surface area contributed by atoms with Gasteiger partial charge in [0, 0.05) is 6.54 Å². The molecule has 0 fully saturated rings. The molecule has 0 amide bonds. The van der Waals surface area contributed by atoms with Gasteiger partial charge < -0.3 is 20.6 Å². The van der Waals surface area contributed by atoms with Gasteiger partial charge in [0.25, 0.3) is 0 Å². The highest BCUT2D eigenvalue weighted by Crippen LogP contribution is 2.21. The first-order chi connectivity index (χ1) is 8.48. The number of nitrogens with one attached hydrogen (secondary N) is 1. The van der Waals surface area contributed by atoms with E-state index in [1.165, 1.54) is 0 Å². The van der Waals surface area contributed by atoms with Crippen LogP contribution in [0.1, 0.15) is 18.9 Å². The highest BCUT2D eigenvalue weighted by molar-refractivity contribution is 5.30. The fourth-order valence-electron chi connectivity index (χ4n) is 1.52. The Bertz CT molecular complexity index is 377. The lowest BCUT2D eigenvalue weighted by Gasteiger charge is -2.30. The zero-order valence-corrected chi connectivity index (χ0v) is 10.1. The van der Waals surface area contributed by atoms with E-state index in [0.717, 1.165) is 12.1 Å². The molecule has 1 aromatic carbocycles. The number of hydrogen-bond acceptors (Lipinski definition) is 4. The van der Waals surface area contributed by atoms with Gasteiger partial charge in [0.05, 0.1) is 18.8 Å². The number of aliphatic hydroxyl groups excluding tert-OH is 2. The molecule has 0 aliphatic rings. The van der Waals surface area contributed by atoms with Crippen LogP contribution < -0.4 is 5.32 Å². The van der Waals surface area contributed by atoms with Crippen LogP contribution in [-0.4, -0.2) is 34.1 Å². The van der Waals surface area contributed by atoms with Crippen LogP contribution in [0, 0.1) is 11.6 Å². The third kappa shape index (κ3) is 3.16. The standard InChI is InChI=1S/C12H17F2NO3/c1-2-12(6-16,7-17)15-5-8-3-9(13)11(18)10(14)4-8/h3-4,15-18H,2,5-7H2,1H3. The van der Waals surface area contributed by atoms with Crippen LogP contribution in [0.3, 0.4) is 0 Å². The Labute approximate surface area is 104 Å². The van der Waals surface area contributed by atoms with Crippen LogP contribution in [0.4, 0.5) is 8.78 Å². The molecule has 0 aromatic heterocycles. The summed E-state index contributed by atoms with van der Waals surface area (Å²) in [6, 6.07) is 2.00. The van der Waals surface area contributed by atoms with E-state index >= 15 is 0 Å². The van der Waals surface area contributed by atoms with Crippen molar-refractivity contribution >= 4 is 0 Å². The molecule has 0 unspecified atom stereocenters. The van der Waals surface area contributed by atoms with Gasteiger partial charge in [-0.1, -0.05) is 6.92 Å². The second kappa shape index (κ2) is 6.08. The molecule has 0 aliphatic heterocycles. The summed E-state index contributed by atoms with van der Waals surface area (Å²) in [7, 11) is 0. The fourth-order valence-corrected chi connectivity index (χ4v) is 1.52. The lowest BCUT2D eigenvalue weighted by molar-refractivity contribution is 0.0863. The van der Waals surface area contributed by atoms with Gasteiger partial charge in [-0.15, -0.1) is 0 Å². The molecular weight excluding hydrogens is 244 g/mol. The molecule has 18 heavy (non-hydrogen) atoms. The summed E-state index contributed by atoms with van der Waals surface area (Å²) in [5, 5.41) is 30.2. The predicted octanol–water partition coefficient (Wildman–Crippen LogP) is 0.893. The number of rotatable bonds is 6. The summed E-state index contributed by atoms with van der Waals surface area (Å²) in [6.45, 7) is 1.27. The Morgan fingerprint density at radius 1 is 1.17 bits per heavy atom. The van der Waals surface area contributed by atoms with Gasteiger partial charge in [-0.3, -0.25) is 0 Å². The molecule has 0 atom stereocenters. The minimum atomic E-state index is -1.04. The van der Waals surface area contributed by atoms with Crippen molar-refractivity contribution in [1.29, 1.82) is 0 Å². The normalized spacial score (nSPS) is 11.8. The third-order valence-corrected chi connectivity index (χ3v) is 3.03. The van der Waals surface area contributed by atoms with Gasteiger partial charge in [0.15, 0.2) is 17.4 Å². The minimum Gasteiger partial charge on any atom is -0.503 e. The summed E-state index contributed by atoms with van der Waals surface area (Å²) in [6.07, 6.45) is 0.461. The van der Waals surface area contributed by atoms with E-state index in [9.17, 15) is 19.0 Å². The Hall–Kier alpha value is -1.24. The summed E-state index contributed by atoms with van der Waals surface area (Å²) < 4.78 is 26.2. The number of hydrogen-bond donors (Lipinski definition) is 4. The number of halogens is 2. The van der Waals surface area contributed by atoms with Crippen molar-refractivity contribution in [1.82, 2.24) is 5.32 Å². The molecule has 4 N–H and O–H groups in total. The van der Waals surface area contributed by atoms with E-state index in [4.69, 9.17) is 5.11 Å². The SMILES string of the molecule is CCC(CO)(CO)NCc1cc(F)c(O)c(F)c1. The zero-order valence-electron chi connectivity index (χ0n) is 10.1. The quantitative estimate of drug-likeness (QED) is 0.614. The topological polar surface area (TPSA) is 72.7 Å². The molecule has 0 aliphatic carbocycles. The van der Waals surface area contributed by atoms with Crippen molar-refractivity contribution in [3.8, 4) is 5.75 Å². The lowest BCUT2D eigenvalue weighted by Crippen LogP contribution is -2.50. The van der Waals surface area contributed by atoms with E-state index < -0.39 is 22.9 Å². The molecule has 4 nitrogen and oxygen atoms in total. The van der Waals surface area contributed by atoms with Crippen molar-refractivity contribution in [2.45, 2.75) is 25.4 Å². The first-order valence-electron chi connectivity index (χ1n) is 5.61. The van der Waals surface area contributed by atoms with E-state index in [-0.39, 0.29) is 25.3 Å². The molecule has 1 aromatic rings. The predicted molar refractivity (Wildman–Crippen MR) is 62.1 cm³/mol. The van der Waals surface area contributed by atoms with Crippen molar-refractivity contribution < 1.29 is 24.1 Å². The summed E-state index contributed by atoms with van der Waals surface area (Å²) in [5.74, 6) is -3.09. The van der Waals surface area contributed by atoms with Gasteiger partial charge in [-0.2, -0.15) is 0 Å². The molecule has 0 saturated carbocycles. The van der Waals surface area contributed by atoms with Crippen LogP contribution in [0.2, 0.25) is 0 Å². The van der Waals surface area contributed by atoms with E-state index in [0.29, 0.717) is 6.42 Å². The molecular formula is C12H17F2NO3. The second-order valence-electron chi connectivity index (χ2n) is 4.21. The Balaban J connectivity index is 2.80. The van der Waals surface area contributed by atoms with Crippen molar-refractivity contribution in [3.63, 3.8) is 0 Å². The minimum absolute atomic E-state index is 0.0725. The Morgan fingerprint density at radius 3 is 2.06 bits per heavy atom. The molecule has 102 valence electrons. The van der Waals surface area contributed by atoms with Crippen molar-refractivity contribution in [2.75, 3.05) is 13.2 Å². The average Bonchev–Trinajstić information content (AvgIpc) is 2.38. The largest absolute Gasteiger partial charge is 0.503 e. The first kappa shape index (κ1) is 14.8. The molecule has 0 spiro atoms. The van der Waals surface area contributed by atoms with Crippen LogP contribution >= 0.6 is 0 Å². The molecule has 0 heterocycles. The maximum Gasteiger partial charge on any atom is 0.187 e. The number of aromatic hydroxyl groups is 1. The monoisotopic (exact) mass is 261 g/mol. The molecule has 0 radical (unpaired) electrons. The summed E-state index contributed by atoms with van der Waals surface area (Å²) >= 11 is 0. The molecule has 6 heteroatoms. The van der Waals surface area contributed by atoms with E-state index in [2.05, 4.69) is 5.32 Å². The summed E-state index contributed by atoms with van der Waals surface area (Å²) in [5.41, 5.74) is -0.604. The highest BCUT2D eigenvalue weighted by atomic mass is 19.1. The van der Waals surface area contributed by atoms with E-state index in [1.54, 1.807) is 6.92 Å². The number of benzene rings is 1. The number of phenols is 1. The second-order valence-corrected chi connectivity index (χ2v) is 4.21. The lowest BCUT2D eigenvalue weighted by atomic mass is 9.98. The van der Waals surface area contributed by atoms with Crippen molar-refractivity contribution in [3.05, 3.63) is 29.3 Å². The summed E-state index contributed by atoms with van der Waals surface area (Å²) in [4.78, 5) is 0. The van der Waals surface area contributed by atoms with Gasteiger partial charge in [0.2, 0.25) is 0 Å². The number of phenolic OH excluding ortho intramolecular Hbond substituents is 1. The first-order valence-corrected chi connectivity index (χ1v) is 5.61. The van der Waals surface area contributed by atoms with E-state index in [1.807, 2.05) is 0 Å². The maximum absolute atomic E-state index is 13.1. The zero-order chi connectivity index (χ0) is 13.8. The van der Waals surface area contributed by atoms with Crippen molar-refractivity contribution in [2.24, 2.45) is 0 Å². The Morgan fingerprint density at radius 2 is 1.67 bits per heavy atom. The fraction of sp³-hybridized carbons (Fsp3) is 0.500. The number of aliphatic hydroxyl groups is 2. The average molecular weight is 261 g/mol. The molecule has 0 saturated heterocycles. The molecule has 0 bridgehead atoms. The smallest absolute Gasteiger partial charge is 0.187 e. The van der Waals surface area contributed by atoms with Crippen LogP contribution in [0.5, 0.6) is 5.75 Å². The van der Waals surface area contributed by atoms with Crippen LogP contribution in [0.15, 0.2) is 12.1 Å². The van der Waals surface area contributed by atoms with Crippen LogP contribution in [-0.2, 0) is 6.54 Å². The Kier molecular flexibility index (Phi) is 5.01. The highest BCUT2D eigenvalue weighted by Gasteiger charge is 2.25. The third-order valence-electron chi connectivity index (χ3n) is 3.03. The molecule has 1 rings (SSSR count). The maximum atomic E-state index is 13.1. The van der Waals surface area contributed by atoms with Gasteiger partial charge >= 0.3 is 0 Å². The van der Waals surface area contributed by atoms with Gasteiger partial charge in [0.1, 0.15) is 0 Å². The van der Waals surface area contributed by atoms with Crippen LogP contribution in [0.25, 0.3) is 0 Å². The van der Waals surface area contributed by atoms with Gasteiger partial charge in [-0.05, 0) is 24.1 Å².